The van der Waals surface area contributed by atoms with Crippen LogP contribution in [0, 0.1) is 19.3 Å². The maximum atomic E-state index is 6.05. The van der Waals surface area contributed by atoms with Gasteiger partial charge in [0.15, 0.2) is 5.82 Å². The van der Waals surface area contributed by atoms with E-state index in [2.05, 4.69) is 36.2 Å². The molecule has 0 aliphatic carbocycles. The summed E-state index contributed by atoms with van der Waals surface area (Å²) in [4.78, 5) is 12.3. The van der Waals surface area contributed by atoms with Crippen LogP contribution in [0.1, 0.15) is 18.4 Å². The monoisotopic (exact) mass is 360 g/mol. The molecule has 0 amide bonds. The van der Waals surface area contributed by atoms with E-state index in [1.165, 1.54) is 6.33 Å². The molecule has 4 aromatic rings. The molecule has 3 aromatic heterocycles. The van der Waals surface area contributed by atoms with Gasteiger partial charge in [-0.15, -0.1) is 6.42 Å². The van der Waals surface area contributed by atoms with Gasteiger partial charge in [0.2, 0.25) is 17.4 Å². The lowest BCUT2D eigenvalue weighted by atomic mass is 10.1. The molecule has 0 fully saturated rings. The molecule has 0 spiro atoms. The van der Waals surface area contributed by atoms with Crippen LogP contribution in [0.4, 0.5) is 5.95 Å². The van der Waals surface area contributed by atoms with Crippen LogP contribution < -0.4 is 10.5 Å². The van der Waals surface area contributed by atoms with E-state index in [-0.39, 0.29) is 5.95 Å². The Hall–Kier alpha value is -3.93. The number of nitrogens with two attached hydrogens (primary N) is 1. The number of nitrogens with one attached hydrogen (secondary N) is 1. The molecule has 0 aliphatic rings. The molecule has 9 nitrogen and oxygen atoms in total. The van der Waals surface area contributed by atoms with E-state index in [0.717, 1.165) is 16.6 Å². The average Bonchev–Trinajstić information content (AvgIpc) is 3.31. The van der Waals surface area contributed by atoms with Crippen LogP contribution in [0.2, 0.25) is 0 Å². The van der Waals surface area contributed by atoms with Gasteiger partial charge >= 0.3 is 0 Å². The average molecular weight is 360 g/mol. The number of hydrogen-bond donors (Lipinski definition) is 2. The van der Waals surface area contributed by atoms with Crippen LogP contribution in [-0.4, -0.2) is 34.9 Å². The van der Waals surface area contributed by atoms with Crippen LogP contribution in [-0.2, 0) is 5.60 Å². The van der Waals surface area contributed by atoms with Crippen LogP contribution in [0.15, 0.2) is 36.8 Å². The molecule has 1 atom stereocenters. The van der Waals surface area contributed by atoms with Crippen molar-refractivity contribution >= 4 is 16.9 Å². The van der Waals surface area contributed by atoms with Crippen molar-refractivity contribution in [3.63, 3.8) is 0 Å². The first-order chi connectivity index (χ1) is 13.0. The second-order valence-corrected chi connectivity index (χ2v) is 6.05. The number of fused-ring (bicyclic) bond motifs is 1. The number of aromatic nitrogens is 7. The Morgan fingerprint density at radius 2 is 2.15 bits per heavy atom. The SMILES string of the molecule is C#CC(C)(Oc1ccc2c(C)nn(-c3ccnc(N)n3)c2c1)c1nc[nH]n1. The minimum absolute atomic E-state index is 0.172. The number of aryl methyl sites for hydroxylation is 1. The smallest absolute Gasteiger partial charge is 0.227 e. The minimum atomic E-state index is -1.12. The highest BCUT2D eigenvalue weighted by Crippen LogP contribution is 2.30. The maximum Gasteiger partial charge on any atom is 0.227 e. The standard InChI is InChI=1S/C18H16N8O/c1-4-18(3,16-21-10-22-24-16)27-12-5-6-13-11(2)25-26(14(13)9-12)15-7-8-20-17(19)23-15/h1,5-10H,2-3H3,(H2,19,20,23)(H,21,22,24). The van der Waals surface area contributed by atoms with Crippen molar-refractivity contribution in [2.45, 2.75) is 19.4 Å². The molecular weight excluding hydrogens is 344 g/mol. The number of anilines is 1. The Labute approximate surface area is 154 Å². The molecule has 0 radical (unpaired) electrons. The molecule has 0 saturated carbocycles. The Morgan fingerprint density at radius 1 is 1.30 bits per heavy atom. The summed E-state index contributed by atoms with van der Waals surface area (Å²) in [6.45, 7) is 3.65. The van der Waals surface area contributed by atoms with Crippen molar-refractivity contribution < 1.29 is 4.74 Å². The predicted molar refractivity (Wildman–Crippen MR) is 99.0 cm³/mol. The van der Waals surface area contributed by atoms with Crippen LogP contribution in [0.5, 0.6) is 5.75 Å². The molecule has 9 heteroatoms. The Balaban J connectivity index is 1.80. The van der Waals surface area contributed by atoms with Gasteiger partial charge in [-0.25, -0.2) is 14.6 Å². The van der Waals surface area contributed by atoms with Crippen molar-refractivity contribution in [2.24, 2.45) is 0 Å². The maximum absolute atomic E-state index is 6.05. The molecule has 0 bridgehead atoms. The molecule has 3 heterocycles. The zero-order chi connectivity index (χ0) is 19.0. The third kappa shape index (κ3) is 2.83. The van der Waals surface area contributed by atoms with Gasteiger partial charge in [-0.1, -0.05) is 5.92 Å². The lowest BCUT2D eigenvalue weighted by molar-refractivity contribution is 0.142. The van der Waals surface area contributed by atoms with E-state index >= 15 is 0 Å². The lowest BCUT2D eigenvalue weighted by Crippen LogP contribution is -2.29. The Kier molecular flexibility index (Phi) is 3.74. The normalized spacial score (nSPS) is 13.2. The largest absolute Gasteiger partial charge is 0.467 e. The van der Waals surface area contributed by atoms with Gasteiger partial charge in [0.25, 0.3) is 0 Å². The number of terminal acetylenes is 1. The third-order valence-electron chi connectivity index (χ3n) is 4.15. The Bertz CT molecular complexity index is 1160. The highest BCUT2D eigenvalue weighted by Gasteiger charge is 2.30. The summed E-state index contributed by atoms with van der Waals surface area (Å²) < 4.78 is 7.74. The molecule has 134 valence electrons. The third-order valence-corrected chi connectivity index (χ3v) is 4.15. The lowest BCUT2D eigenvalue weighted by Gasteiger charge is -2.22. The number of nitrogen functional groups attached to an aromatic ring is 1. The van der Waals surface area contributed by atoms with Crippen LogP contribution in [0.3, 0.4) is 0 Å². The number of aromatic amines is 1. The summed E-state index contributed by atoms with van der Waals surface area (Å²) in [5, 5.41) is 12.2. The summed E-state index contributed by atoms with van der Waals surface area (Å²) in [6, 6.07) is 7.33. The van der Waals surface area contributed by atoms with E-state index in [1.54, 1.807) is 23.9 Å². The number of rotatable bonds is 4. The van der Waals surface area contributed by atoms with Gasteiger partial charge in [-0.3, -0.25) is 5.10 Å². The van der Waals surface area contributed by atoms with Gasteiger partial charge in [0.1, 0.15) is 12.1 Å². The van der Waals surface area contributed by atoms with E-state index in [4.69, 9.17) is 16.9 Å². The fraction of sp³-hybridized carbons (Fsp3) is 0.167. The van der Waals surface area contributed by atoms with Gasteiger partial charge in [-0.2, -0.15) is 15.2 Å². The first kappa shape index (κ1) is 16.5. The number of hydrogen-bond acceptors (Lipinski definition) is 7. The first-order valence-corrected chi connectivity index (χ1v) is 8.11. The topological polar surface area (TPSA) is 120 Å². The van der Waals surface area contributed by atoms with E-state index in [0.29, 0.717) is 17.4 Å². The zero-order valence-electron chi connectivity index (χ0n) is 14.7. The number of benzene rings is 1. The summed E-state index contributed by atoms with van der Waals surface area (Å²) in [5.41, 5.74) is 6.24. The molecule has 1 unspecified atom stereocenters. The highest BCUT2D eigenvalue weighted by molar-refractivity contribution is 5.84. The summed E-state index contributed by atoms with van der Waals surface area (Å²) in [5.74, 6) is 4.27. The molecule has 27 heavy (non-hydrogen) atoms. The van der Waals surface area contributed by atoms with Gasteiger partial charge in [-0.05, 0) is 26.0 Å². The molecule has 0 saturated heterocycles. The van der Waals surface area contributed by atoms with Gasteiger partial charge < -0.3 is 10.5 Å². The van der Waals surface area contributed by atoms with E-state index in [1.807, 2.05) is 25.1 Å². The minimum Gasteiger partial charge on any atom is -0.467 e. The van der Waals surface area contributed by atoms with Crippen LogP contribution in [0.25, 0.3) is 16.7 Å². The predicted octanol–water partition coefficient (Wildman–Crippen LogP) is 1.75. The summed E-state index contributed by atoms with van der Waals surface area (Å²) >= 11 is 0. The van der Waals surface area contributed by atoms with Gasteiger partial charge in [0.05, 0.1) is 11.2 Å². The van der Waals surface area contributed by atoms with E-state index in [9.17, 15) is 0 Å². The molecule has 0 aliphatic heterocycles. The fourth-order valence-electron chi connectivity index (χ4n) is 2.78. The zero-order valence-corrected chi connectivity index (χ0v) is 14.7. The first-order valence-electron chi connectivity index (χ1n) is 8.11. The molecule has 4 rings (SSSR count). The van der Waals surface area contributed by atoms with Crippen molar-refractivity contribution in [2.75, 3.05) is 5.73 Å². The second-order valence-electron chi connectivity index (χ2n) is 6.05. The number of ether oxygens (including phenoxy) is 1. The molecule has 1 aromatic carbocycles. The molecular formula is C18H16N8O. The fourth-order valence-corrected chi connectivity index (χ4v) is 2.78. The number of nitrogens with zero attached hydrogens (tertiary/aromatic N) is 6. The van der Waals surface area contributed by atoms with Gasteiger partial charge in [0, 0.05) is 23.7 Å². The Morgan fingerprint density at radius 3 is 2.85 bits per heavy atom. The molecule has 3 N–H and O–H groups in total. The summed E-state index contributed by atoms with van der Waals surface area (Å²) in [7, 11) is 0. The number of H-pyrrole nitrogens is 1. The van der Waals surface area contributed by atoms with E-state index < -0.39 is 5.60 Å². The van der Waals surface area contributed by atoms with Crippen molar-refractivity contribution in [3.05, 3.63) is 48.3 Å². The van der Waals surface area contributed by atoms with Crippen molar-refractivity contribution in [3.8, 4) is 23.9 Å². The van der Waals surface area contributed by atoms with Crippen molar-refractivity contribution in [1.29, 1.82) is 0 Å². The second kappa shape index (κ2) is 6.10. The van der Waals surface area contributed by atoms with Crippen molar-refractivity contribution in [1.82, 2.24) is 34.9 Å². The summed E-state index contributed by atoms with van der Waals surface area (Å²) in [6.07, 6.45) is 8.72. The quantitative estimate of drug-likeness (QED) is 0.532. The van der Waals surface area contributed by atoms with Crippen LogP contribution >= 0.6 is 0 Å². The highest BCUT2D eigenvalue weighted by atomic mass is 16.5.